The van der Waals surface area contributed by atoms with Gasteiger partial charge in [0.05, 0.1) is 5.60 Å². The van der Waals surface area contributed by atoms with E-state index in [0.717, 1.165) is 30.0 Å². The summed E-state index contributed by atoms with van der Waals surface area (Å²) < 4.78 is 0. The second-order valence-corrected chi connectivity index (χ2v) is 4.37. The second kappa shape index (κ2) is 3.79. The van der Waals surface area contributed by atoms with Crippen LogP contribution in [0.2, 0.25) is 5.02 Å². The molecule has 0 aromatic heterocycles. The summed E-state index contributed by atoms with van der Waals surface area (Å²) in [7, 11) is 0. The van der Waals surface area contributed by atoms with Gasteiger partial charge >= 0.3 is 0 Å². The van der Waals surface area contributed by atoms with E-state index in [1.54, 1.807) is 0 Å². The molecular formula is C11H14ClNO. The van der Waals surface area contributed by atoms with Crippen molar-refractivity contribution in [2.75, 3.05) is 11.9 Å². The van der Waals surface area contributed by atoms with Gasteiger partial charge in [0.15, 0.2) is 0 Å². The molecule has 2 nitrogen and oxygen atoms in total. The first-order valence-corrected chi connectivity index (χ1v) is 5.28. The third-order valence-electron chi connectivity index (χ3n) is 2.75. The van der Waals surface area contributed by atoms with E-state index in [-0.39, 0.29) is 0 Å². The molecule has 0 amide bonds. The molecule has 3 heteroatoms. The summed E-state index contributed by atoms with van der Waals surface area (Å²) in [5.41, 5.74) is 0.536. The molecule has 0 atom stereocenters. The standard InChI is InChI=1S/C11H14ClNO/c12-9-2-4-10(5-3-9)13-8-11(14)6-1-7-11/h2-5,13-14H,1,6-8H2. The fourth-order valence-electron chi connectivity index (χ4n) is 1.60. The summed E-state index contributed by atoms with van der Waals surface area (Å²) in [4.78, 5) is 0. The van der Waals surface area contributed by atoms with Gasteiger partial charge in [0.1, 0.15) is 0 Å². The van der Waals surface area contributed by atoms with Crippen molar-refractivity contribution in [1.29, 1.82) is 0 Å². The minimum absolute atomic E-state index is 0.473. The monoisotopic (exact) mass is 211 g/mol. The fourth-order valence-corrected chi connectivity index (χ4v) is 1.72. The minimum Gasteiger partial charge on any atom is -0.388 e. The first-order chi connectivity index (χ1) is 6.68. The Hall–Kier alpha value is -0.730. The van der Waals surface area contributed by atoms with Crippen molar-refractivity contribution in [3.05, 3.63) is 29.3 Å². The van der Waals surface area contributed by atoms with Crippen molar-refractivity contribution >= 4 is 17.3 Å². The predicted molar refractivity (Wildman–Crippen MR) is 58.7 cm³/mol. The van der Waals surface area contributed by atoms with Gasteiger partial charge in [0.25, 0.3) is 0 Å². The van der Waals surface area contributed by atoms with Gasteiger partial charge in [-0.3, -0.25) is 0 Å². The van der Waals surface area contributed by atoms with Crippen LogP contribution in [0.25, 0.3) is 0 Å². The number of benzene rings is 1. The van der Waals surface area contributed by atoms with E-state index in [1.165, 1.54) is 0 Å². The lowest BCUT2D eigenvalue weighted by molar-refractivity contribution is -0.0201. The average Bonchev–Trinajstić information content (AvgIpc) is 2.14. The molecule has 1 saturated carbocycles. The number of aliphatic hydroxyl groups is 1. The molecule has 2 N–H and O–H groups in total. The Bertz CT molecular complexity index is 306. The smallest absolute Gasteiger partial charge is 0.0819 e. The molecule has 0 spiro atoms. The summed E-state index contributed by atoms with van der Waals surface area (Å²) >= 11 is 5.76. The molecule has 0 bridgehead atoms. The van der Waals surface area contributed by atoms with E-state index >= 15 is 0 Å². The van der Waals surface area contributed by atoms with Crippen LogP contribution in [-0.4, -0.2) is 17.3 Å². The molecule has 0 radical (unpaired) electrons. The van der Waals surface area contributed by atoms with Crippen molar-refractivity contribution in [1.82, 2.24) is 0 Å². The Labute approximate surface area is 88.9 Å². The van der Waals surface area contributed by atoms with Gasteiger partial charge in [0, 0.05) is 17.3 Å². The first-order valence-electron chi connectivity index (χ1n) is 4.90. The zero-order valence-electron chi connectivity index (χ0n) is 7.96. The van der Waals surface area contributed by atoms with E-state index < -0.39 is 5.60 Å². The van der Waals surface area contributed by atoms with Gasteiger partial charge in [-0.05, 0) is 43.5 Å². The Morgan fingerprint density at radius 3 is 2.43 bits per heavy atom. The number of anilines is 1. The SMILES string of the molecule is OC1(CNc2ccc(Cl)cc2)CCC1. The van der Waals surface area contributed by atoms with Crippen LogP contribution in [0, 0.1) is 0 Å². The number of hydrogen-bond donors (Lipinski definition) is 2. The maximum Gasteiger partial charge on any atom is 0.0819 e. The van der Waals surface area contributed by atoms with Crippen LogP contribution in [0.1, 0.15) is 19.3 Å². The Balaban J connectivity index is 1.88. The summed E-state index contributed by atoms with van der Waals surface area (Å²) in [6, 6.07) is 7.53. The van der Waals surface area contributed by atoms with Crippen molar-refractivity contribution in [3.63, 3.8) is 0 Å². The minimum atomic E-state index is -0.473. The molecule has 1 aromatic rings. The molecule has 76 valence electrons. The van der Waals surface area contributed by atoms with Crippen LogP contribution >= 0.6 is 11.6 Å². The lowest BCUT2D eigenvalue weighted by Crippen LogP contribution is -2.43. The molecule has 0 aliphatic heterocycles. The summed E-state index contributed by atoms with van der Waals surface area (Å²) in [6.07, 6.45) is 2.96. The molecule has 1 aliphatic rings. The van der Waals surface area contributed by atoms with Gasteiger partial charge in [-0.2, -0.15) is 0 Å². The molecule has 1 aliphatic carbocycles. The Morgan fingerprint density at radius 1 is 1.29 bits per heavy atom. The number of halogens is 1. The van der Waals surface area contributed by atoms with E-state index in [2.05, 4.69) is 5.32 Å². The van der Waals surface area contributed by atoms with Gasteiger partial charge in [-0.15, -0.1) is 0 Å². The third-order valence-corrected chi connectivity index (χ3v) is 3.00. The van der Waals surface area contributed by atoms with Gasteiger partial charge in [-0.1, -0.05) is 11.6 Å². The molecule has 1 fully saturated rings. The van der Waals surface area contributed by atoms with Crippen LogP contribution in [0.3, 0.4) is 0 Å². The lowest BCUT2D eigenvalue weighted by Gasteiger charge is -2.36. The van der Waals surface area contributed by atoms with E-state index in [0.29, 0.717) is 6.54 Å². The Kier molecular flexibility index (Phi) is 2.66. The molecule has 0 unspecified atom stereocenters. The van der Waals surface area contributed by atoms with Crippen LogP contribution in [-0.2, 0) is 0 Å². The number of nitrogens with one attached hydrogen (secondary N) is 1. The zero-order valence-corrected chi connectivity index (χ0v) is 8.72. The zero-order chi connectivity index (χ0) is 10.0. The van der Waals surface area contributed by atoms with Crippen LogP contribution in [0.5, 0.6) is 0 Å². The van der Waals surface area contributed by atoms with E-state index in [4.69, 9.17) is 11.6 Å². The highest BCUT2D eigenvalue weighted by atomic mass is 35.5. The van der Waals surface area contributed by atoms with Crippen LogP contribution < -0.4 is 5.32 Å². The topological polar surface area (TPSA) is 32.3 Å². The van der Waals surface area contributed by atoms with Crippen molar-refractivity contribution in [2.24, 2.45) is 0 Å². The van der Waals surface area contributed by atoms with Gasteiger partial charge in [-0.25, -0.2) is 0 Å². The molecule has 1 aromatic carbocycles. The van der Waals surface area contributed by atoms with Crippen LogP contribution in [0.4, 0.5) is 5.69 Å². The van der Waals surface area contributed by atoms with Crippen molar-refractivity contribution < 1.29 is 5.11 Å². The van der Waals surface area contributed by atoms with Crippen molar-refractivity contribution in [3.8, 4) is 0 Å². The maximum absolute atomic E-state index is 9.84. The molecule has 0 heterocycles. The Morgan fingerprint density at radius 2 is 1.93 bits per heavy atom. The lowest BCUT2D eigenvalue weighted by atomic mass is 9.80. The molecule has 0 saturated heterocycles. The highest BCUT2D eigenvalue weighted by molar-refractivity contribution is 6.30. The van der Waals surface area contributed by atoms with E-state index in [1.807, 2.05) is 24.3 Å². The first kappa shape index (κ1) is 9.81. The summed E-state index contributed by atoms with van der Waals surface area (Å²) in [5, 5.41) is 13.8. The fraction of sp³-hybridized carbons (Fsp3) is 0.455. The molecular weight excluding hydrogens is 198 g/mol. The summed E-state index contributed by atoms with van der Waals surface area (Å²) in [6.45, 7) is 0.634. The van der Waals surface area contributed by atoms with Crippen LogP contribution in [0.15, 0.2) is 24.3 Å². The maximum atomic E-state index is 9.84. The molecule has 14 heavy (non-hydrogen) atoms. The molecule has 2 rings (SSSR count). The average molecular weight is 212 g/mol. The quantitative estimate of drug-likeness (QED) is 0.806. The van der Waals surface area contributed by atoms with Gasteiger partial charge in [0.2, 0.25) is 0 Å². The van der Waals surface area contributed by atoms with E-state index in [9.17, 15) is 5.11 Å². The largest absolute Gasteiger partial charge is 0.388 e. The number of hydrogen-bond acceptors (Lipinski definition) is 2. The highest BCUT2D eigenvalue weighted by Gasteiger charge is 2.33. The highest BCUT2D eigenvalue weighted by Crippen LogP contribution is 2.31. The summed E-state index contributed by atoms with van der Waals surface area (Å²) in [5.74, 6) is 0. The van der Waals surface area contributed by atoms with Crippen molar-refractivity contribution in [2.45, 2.75) is 24.9 Å². The van der Waals surface area contributed by atoms with Gasteiger partial charge < -0.3 is 10.4 Å². The third kappa shape index (κ3) is 2.20. The second-order valence-electron chi connectivity index (χ2n) is 3.94. The normalized spacial score (nSPS) is 18.7. The predicted octanol–water partition coefficient (Wildman–Crippen LogP) is 2.67. The number of rotatable bonds is 3.